The Morgan fingerprint density at radius 2 is 1.88 bits per heavy atom. The van der Waals surface area contributed by atoms with Crippen molar-refractivity contribution in [2.45, 2.75) is 50.0 Å². The van der Waals surface area contributed by atoms with Crippen molar-refractivity contribution in [1.29, 1.82) is 0 Å². The Morgan fingerprint density at radius 3 is 2.46 bits per heavy atom. The standard InChI is InChI=1S/C19H25NO4/c21-17(14-16-8-4-5-13-24-16)20-11-9-19(10-12-20,18(22)23)15-6-2-1-3-7-15/h1-3,6-7,16H,4-5,8-14H2,(H,22,23). The van der Waals surface area contributed by atoms with E-state index in [1.165, 1.54) is 0 Å². The van der Waals surface area contributed by atoms with E-state index < -0.39 is 11.4 Å². The summed E-state index contributed by atoms with van der Waals surface area (Å²) in [7, 11) is 0. The summed E-state index contributed by atoms with van der Waals surface area (Å²) in [5, 5.41) is 9.80. The molecular formula is C19H25NO4. The fourth-order valence-corrected chi connectivity index (χ4v) is 3.81. The smallest absolute Gasteiger partial charge is 0.314 e. The molecule has 0 aliphatic carbocycles. The molecule has 0 aromatic heterocycles. The highest BCUT2D eigenvalue weighted by atomic mass is 16.5. The van der Waals surface area contributed by atoms with Crippen LogP contribution < -0.4 is 0 Å². The topological polar surface area (TPSA) is 66.8 Å². The molecule has 0 radical (unpaired) electrons. The normalized spacial score (nSPS) is 23.7. The maximum atomic E-state index is 12.5. The third-order valence-electron chi connectivity index (χ3n) is 5.38. The van der Waals surface area contributed by atoms with Gasteiger partial charge >= 0.3 is 5.97 Å². The van der Waals surface area contributed by atoms with Crippen LogP contribution in [0.2, 0.25) is 0 Å². The van der Waals surface area contributed by atoms with Crippen LogP contribution in [0, 0.1) is 0 Å². The molecule has 2 saturated heterocycles. The van der Waals surface area contributed by atoms with E-state index in [0.717, 1.165) is 31.4 Å². The molecule has 3 rings (SSSR count). The molecule has 5 heteroatoms. The summed E-state index contributed by atoms with van der Waals surface area (Å²) in [6, 6.07) is 9.39. The lowest BCUT2D eigenvalue weighted by Crippen LogP contribution is -2.49. The molecule has 1 unspecified atom stereocenters. The number of benzene rings is 1. The SMILES string of the molecule is O=C(CC1CCCCO1)N1CCC(C(=O)O)(c2ccccc2)CC1. The molecule has 0 saturated carbocycles. The van der Waals surface area contributed by atoms with Crippen LogP contribution >= 0.6 is 0 Å². The second-order valence-corrected chi connectivity index (χ2v) is 6.83. The number of likely N-dealkylation sites (tertiary alicyclic amines) is 1. The molecule has 1 atom stereocenters. The molecule has 5 nitrogen and oxygen atoms in total. The first-order chi connectivity index (χ1) is 11.6. The van der Waals surface area contributed by atoms with Crippen LogP contribution in [0.1, 0.15) is 44.1 Å². The summed E-state index contributed by atoms with van der Waals surface area (Å²) in [6.45, 7) is 1.73. The molecule has 130 valence electrons. The van der Waals surface area contributed by atoms with E-state index in [0.29, 0.717) is 32.4 Å². The molecule has 2 aliphatic heterocycles. The lowest BCUT2D eigenvalue weighted by atomic mass is 9.73. The summed E-state index contributed by atoms with van der Waals surface area (Å²) in [5.41, 5.74) is -0.0421. The van der Waals surface area contributed by atoms with Crippen LogP contribution in [-0.2, 0) is 19.7 Å². The van der Waals surface area contributed by atoms with Crippen LogP contribution in [0.3, 0.4) is 0 Å². The van der Waals surface area contributed by atoms with Gasteiger partial charge in [0.15, 0.2) is 0 Å². The minimum Gasteiger partial charge on any atom is -0.481 e. The lowest BCUT2D eigenvalue weighted by molar-refractivity contribution is -0.149. The maximum Gasteiger partial charge on any atom is 0.314 e. The highest BCUT2D eigenvalue weighted by Gasteiger charge is 2.43. The number of rotatable bonds is 4. The lowest BCUT2D eigenvalue weighted by Gasteiger charge is -2.39. The van der Waals surface area contributed by atoms with Gasteiger partial charge in [0.05, 0.1) is 17.9 Å². The molecule has 1 N–H and O–H groups in total. The monoisotopic (exact) mass is 331 g/mol. The molecule has 1 amide bonds. The van der Waals surface area contributed by atoms with Crippen LogP contribution in [-0.4, -0.2) is 47.7 Å². The zero-order chi connectivity index (χ0) is 17.0. The average molecular weight is 331 g/mol. The fraction of sp³-hybridized carbons (Fsp3) is 0.579. The van der Waals surface area contributed by atoms with E-state index in [2.05, 4.69) is 0 Å². The first-order valence-electron chi connectivity index (χ1n) is 8.80. The number of piperidine rings is 1. The predicted molar refractivity (Wildman–Crippen MR) is 89.8 cm³/mol. The number of amides is 1. The molecule has 0 bridgehead atoms. The van der Waals surface area contributed by atoms with Crippen molar-refractivity contribution in [2.75, 3.05) is 19.7 Å². The van der Waals surface area contributed by atoms with E-state index >= 15 is 0 Å². The Hall–Kier alpha value is -1.88. The zero-order valence-electron chi connectivity index (χ0n) is 13.9. The van der Waals surface area contributed by atoms with Crippen molar-refractivity contribution in [3.8, 4) is 0 Å². The molecule has 1 aromatic rings. The number of nitrogens with zero attached hydrogens (tertiary/aromatic N) is 1. The molecule has 1 aromatic carbocycles. The van der Waals surface area contributed by atoms with Gasteiger partial charge in [-0.15, -0.1) is 0 Å². The van der Waals surface area contributed by atoms with Crippen molar-refractivity contribution in [3.05, 3.63) is 35.9 Å². The second-order valence-electron chi connectivity index (χ2n) is 6.83. The Balaban J connectivity index is 1.63. The maximum absolute atomic E-state index is 12.5. The number of hydrogen-bond acceptors (Lipinski definition) is 3. The molecule has 24 heavy (non-hydrogen) atoms. The highest BCUT2D eigenvalue weighted by Crippen LogP contribution is 2.36. The van der Waals surface area contributed by atoms with Gasteiger partial charge in [0.1, 0.15) is 0 Å². The van der Waals surface area contributed by atoms with E-state index in [9.17, 15) is 14.7 Å². The third kappa shape index (κ3) is 3.46. The number of carboxylic acid groups (broad SMARTS) is 1. The number of aliphatic carboxylic acids is 1. The fourth-order valence-electron chi connectivity index (χ4n) is 3.81. The van der Waals surface area contributed by atoms with Gasteiger partial charge in [0.25, 0.3) is 0 Å². The predicted octanol–water partition coefficient (Wildman–Crippen LogP) is 2.59. The van der Waals surface area contributed by atoms with Crippen molar-refractivity contribution < 1.29 is 19.4 Å². The van der Waals surface area contributed by atoms with Gasteiger partial charge in [-0.3, -0.25) is 9.59 Å². The largest absolute Gasteiger partial charge is 0.481 e. The van der Waals surface area contributed by atoms with Gasteiger partial charge in [0, 0.05) is 19.7 Å². The molecule has 0 spiro atoms. The minimum absolute atomic E-state index is 0.0338. The molecular weight excluding hydrogens is 306 g/mol. The van der Waals surface area contributed by atoms with Gasteiger partial charge in [-0.2, -0.15) is 0 Å². The number of carboxylic acids is 1. The summed E-state index contributed by atoms with van der Waals surface area (Å²) < 4.78 is 5.65. The van der Waals surface area contributed by atoms with Gasteiger partial charge in [0.2, 0.25) is 5.91 Å². The number of hydrogen-bond donors (Lipinski definition) is 1. The van der Waals surface area contributed by atoms with Crippen molar-refractivity contribution in [3.63, 3.8) is 0 Å². The van der Waals surface area contributed by atoms with E-state index in [1.807, 2.05) is 35.2 Å². The van der Waals surface area contributed by atoms with E-state index in [1.54, 1.807) is 0 Å². The number of ether oxygens (including phenoxy) is 1. The second kappa shape index (κ2) is 7.34. The molecule has 2 heterocycles. The van der Waals surface area contributed by atoms with Crippen molar-refractivity contribution in [1.82, 2.24) is 4.90 Å². The van der Waals surface area contributed by atoms with Gasteiger partial charge in [-0.25, -0.2) is 0 Å². The number of carbonyl (C=O) groups is 2. The van der Waals surface area contributed by atoms with E-state index in [-0.39, 0.29) is 12.0 Å². The Bertz CT molecular complexity index is 572. The van der Waals surface area contributed by atoms with Crippen LogP contribution in [0.15, 0.2) is 30.3 Å². The summed E-state index contributed by atoms with van der Waals surface area (Å²) in [5.74, 6) is -0.703. The highest BCUT2D eigenvalue weighted by molar-refractivity contribution is 5.83. The minimum atomic E-state index is -0.876. The zero-order valence-corrected chi connectivity index (χ0v) is 13.9. The number of carbonyl (C=O) groups excluding carboxylic acids is 1. The third-order valence-corrected chi connectivity index (χ3v) is 5.38. The van der Waals surface area contributed by atoms with Crippen LogP contribution in [0.4, 0.5) is 0 Å². The average Bonchev–Trinajstić information content (AvgIpc) is 2.63. The summed E-state index contributed by atoms with van der Waals surface area (Å²) in [6.07, 6.45) is 4.52. The summed E-state index contributed by atoms with van der Waals surface area (Å²) in [4.78, 5) is 26.2. The first kappa shape index (κ1) is 17.0. The van der Waals surface area contributed by atoms with Gasteiger partial charge < -0.3 is 14.7 Å². The Kier molecular flexibility index (Phi) is 5.19. The van der Waals surface area contributed by atoms with Gasteiger partial charge in [-0.05, 0) is 37.7 Å². The Morgan fingerprint density at radius 1 is 1.17 bits per heavy atom. The van der Waals surface area contributed by atoms with Crippen molar-refractivity contribution in [2.24, 2.45) is 0 Å². The van der Waals surface area contributed by atoms with Crippen LogP contribution in [0.5, 0.6) is 0 Å². The van der Waals surface area contributed by atoms with Gasteiger partial charge in [-0.1, -0.05) is 30.3 Å². The molecule has 2 fully saturated rings. The first-order valence-corrected chi connectivity index (χ1v) is 8.80. The molecule has 2 aliphatic rings. The Labute approximate surface area is 142 Å². The summed E-state index contributed by atoms with van der Waals surface area (Å²) >= 11 is 0. The van der Waals surface area contributed by atoms with Crippen molar-refractivity contribution >= 4 is 11.9 Å². The van der Waals surface area contributed by atoms with Crippen LogP contribution in [0.25, 0.3) is 0 Å². The quantitative estimate of drug-likeness (QED) is 0.921. The van der Waals surface area contributed by atoms with E-state index in [4.69, 9.17) is 4.74 Å².